The molecule has 0 saturated heterocycles. The lowest BCUT2D eigenvalue weighted by Gasteiger charge is -2.18. The Bertz CT molecular complexity index is 641. The van der Waals surface area contributed by atoms with Gasteiger partial charge in [0.2, 0.25) is 0 Å². The minimum Gasteiger partial charge on any atom is -0.497 e. The minimum absolute atomic E-state index is 0.197. The third kappa shape index (κ3) is 4.74. The van der Waals surface area contributed by atoms with Crippen molar-refractivity contribution in [2.24, 2.45) is 5.92 Å². The van der Waals surface area contributed by atoms with E-state index in [1.54, 1.807) is 13.2 Å². The zero-order valence-corrected chi connectivity index (χ0v) is 14.3. The monoisotopic (exact) mass is 353 g/mol. The Morgan fingerprint density at radius 3 is 2.50 bits per heavy atom. The summed E-state index contributed by atoms with van der Waals surface area (Å²) in [4.78, 5) is 0. The number of hydrogen-bond donors (Lipinski definition) is 1. The number of hydrogen-bond acceptors (Lipinski definition) is 4. The van der Waals surface area contributed by atoms with Crippen molar-refractivity contribution < 1.29 is 17.9 Å². The van der Waals surface area contributed by atoms with Crippen LogP contribution in [0.2, 0.25) is 0 Å². The summed E-state index contributed by atoms with van der Waals surface area (Å²) in [6, 6.07) is 12.0. The van der Waals surface area contributed by atoms with Crippen molar-refractivity contribution in [1.82, 2.24) is 5.32 Å². The van der Waals surface area contributed by atoms with Crippen molar-refractivity contribution >= 4 is 11.8 Å². The smallest absolute Gasteiger partial charge is 0.284 e. The topological polar surface area (TPSA) is 34.4 Å². The van der Waals surface area contributed by atoms with E-state index in [2.05, 4.69) is 17.4 Å². The van der Waals surface area contributed by atoms with Crippen LogP contribution in [-0.4, -0.2) is 12.9 Å². The average Bonchev–Trinajstić information content (AvgIpc) is 3.32. The number of thioether (sulfide) groups is 1. The van der Waals surface area contributed by atoms with Crippen LogP contribution in [0.1, 0.15) is 36.0 Å². The second-order valence-corrected chi connectivity index (χ2v) is 6.89. The predicted octanol–water partition coefficient (Wildman–Crippen LogP) is 4.98. The van der Waals surface area contributed by atoms with Gasteiger partial charge >= 0.3 is 0 Å². The molecule has 1 aliphatic rings. The lowest BCUT2D eigenvalue weighted by atomic mass is 10.0. The SMILES string of the molecule is COc1ccc(C(NCc2ccc(CSC(F)F)o2)C2CC2)cc1. The molecule has 24 heavy (non-hydrogen) atoms. The molecule has 130 valence electrons. The Balaban J connectivity index is 1.58. The van der Waals surface area contributed by atoms with Crippen LogP contribution in [0.5, 0.6) is 5.75 Å². The number of ether oxygens (including phenoxy) is 1. The van der Waals surface area contributed by atoms with Crippen LogP contribution in [0.15, 0.2) is 40.8 Å². The third-order valence-corrected chi connectivity index (χ3v) is 4.84. The van der Waals surface area contributed by atoms with Crippen LogP contribution in [0, 0.1) is 5.92 Å². The fourth-order valence-corrected chi connectivity index (χ4v) is 3.19. The highest BCUT2D eigenvalue weighted by atomic mass is 32.2. The van der Waals surface area contributed by atoms with Crippen molar-refractivity contribution in [3.8, 4) is 5.75 Å². The summed E-state index contributed by atoms with van der Waals surface area (Å²) in [7, 11) is 1.66. The molecule has 3 nitrogen and oxygen atoms in total. The van der Waals surface area contributed by atoms with Gasteiger partial charge in [-0.2, -0.15) is 8.78 Å². The lowest BCUT2D eigenvalue weighted by Crippen LogP contribution is -2.22. The number of rotatable bonds is 9. The highest BCUT2D eigenvalue weighted by Crippen LogP contribution is 2.41. The van der Waals surface area contributed by atoms with Gasteiger partial charge in [0.25, 0.3) is 5.76 Å². The van der Waals surface area contributed by atoms with E-state index in [1.165, 1.54) is 18.4 Å². The van der Waals surface area contributed by atoms with Gasteiger partial charge in [0.15, 0.2) is 0 Å². The highest BCUT2D eigenvalue weighted by Gasteiger charge is 2.32. The van der Waals surface area contributed by atoms with Gasteiger partial charge in [-0.25, -0.2) is 0 Å². The molecule has 0 bridgehead atoms. The number of alkyl halides is 2. The molecule has 1 aromatic carbocycles. The summed E-state index contributed by atoms with van der Waals surface area (Å²) >= 11 is 0.578. The number of benzene rings is 1. The molecule has 0 aliphatic heterocycles. The van der Waals surface area contributed by atoms with Gasteiger partial charge in [-0.15, -0.1) is 0 Å². The first-order valence-corrected chi connectivity index (χ1v) is 9.05. The van der Waals surface area contributed by atoms with Gasteiger partial charge in [0.05, 0.1) is 19.4 Å². The molecule has 6 heteroatoms. The van der Waals surface area contributed by atoms with Crippen molar-refractivity contribution in [3.05, 3.63) is 53.5 Å². The minimum atomic E-state index is -2.37. The first-order chi connectivity index (χ1) is 11.7. The Hall–Kier alpha value is -1.53. The lowest BCUT2D eigenvalue weighted by molar-refractivity contribution is 0.251. The van der Waals surface area contributed by atoms with E-state index in [1.807, 2.05) is 18.2 Å². The molecule has 1 aliphatic carbocycles. The molecule has 1 atom stereocenters. The molecule has 3 rings (SSSR count). The zero-order valence-electron chi connectivity index (χ0n) is 13.5. The molecule has 1 aromatic heterocycles. The standard InChI is InChI=1S/C18H21F2NO2S/c1-22-14-6-4-13(5-7-14)17(12-2-3-12)21-10-15-8-9-16(23-15)11-24-18(19)20/h4-9,12,17-18,21H,2-3,10-11H2,1H3. The van der Waals surface area contributed by atoms with Crippen LogP contribution >= 0.6 is 11.8 Å². The van der Waals surface area contributed by atoms with Gasteiger partial charge in [-0.3, -0.25) is 0 Å². The summed E-state index contributed by atoms with van der Waals surface area (Å²) in [5.74, 6) is 0.680. The van der Waals surface area contributed by atoms with Crippen molar-refractivity contribution in [2.45, 2.75) is 36.9 Å². The molecule has 2 aromatic rings. The Labute approximate surface area is 144 Å². The fourth-order valence-electron chi connectivity index (χ4n) is 2.75. The summed E-state index contributed by atoms with van der Waals surface area (Å²) in [5, 5.41) is 3.54. The molecule has 0 radical (unpaired) electrons. The number of halogens is 2. The molecule has 0 amide bonds. The van der Waals surface area contributed by atoms with Gasteiger partial charge < -0.3 is 14.5 Å². The molecule has 1 saturated carbocycles. The predicted molar refractivity (Wildman–Crippen MR) is 91.3 cm³/mol. The number of methoxy groups -OCH3 is 1. The van der Waals surface area contributed by atoms with Gasteiger partial charge in [-0.05, 0) is 48.6 Å². The van der Waals surface area contributed by atoms with Crippen LogP contribution in [0.3, 0.4) is 0 Å². The van der Waals surface area contributed by atoms with E-state index in [9.17, 15) is 8.78 Å². The summed E-state index contributed by atoms with van der Waals surface area (Å²) in [6.07, 6.45) is 2.44. The molecule has 1 heterocycles. The second kappa shape index (κ2) is 8.03. The summed E-state index contributed by atoms with van der Waals surface area (Å²) in [6.45, 7) is 0.590. The molecule has 1 unspecified atom stereocenters. The van der Waals surface area contributed by atoms with Crippen LogP contribution in [0.4, 0.5) is 8.78 Å². The molecule has 0 spiro atoms. The molecule has 1 fully saturated rings. The van der Waals surface area contributed by atoms with Gasteiger partial charge in [0, 0.05) is 6.04 Å². The quantitative estimate of drug-likeness (QED) is 0.689. The maximum Gasteiger partial charge on any atom is 0.284 e. The van der Waals surface area contributed by atoms with Crippen molar-refractivity contribution in [3.63, 3.8) is 0 Å². The van der Waals surface area contributed by atoms with E-state index >= 15 is 0 Å². The zero-order chi connectivity index (χ0) is 16.9. The average molecular weight is 353 g/mol. The maximum atomic E-state index is 12.2. The second-order valence-electron chi connectivity index (χ2n) is 5.91. The van der Waals surface area contributed by atoms with Crippen molar-refractivity contribution in [2.75, 3.05) is 7.11 Å². The fraction of sp³-hybridized carbons (Fsp3) is 0.444. The number of furan rings is 1. The first-order valence-electron chi connectivity index (χ1n) is 8.00. The van der Waals surface area contributed by atoms with Crippen molar-refractivity contribution in [1.29, 1.82) is 0 Å². The first kappa shape index (κ1) is 17.3. The summed E-state index contributed by atoms with van der Waals surface area (Å²) < 4.78 is 35.3. The maximum absolute atomic E-state index is 12.2. The van der Waals surface area contributed by atoms with Gasteiger partial charge in [0.1, 0.15) is 17.3 Å². The van der Waals surface area contributed by atoms with Crippen LogP contribution in [-0.2, 0) is 12.3 Å². The molecular formula is C18H21F2NO2S. The van der Waals surface area contributed by atoms with Crippen LogP contribution in [0.25, 0.3) is 0 Å². The Kier molecular flexibility index (Phi) is 5.79. The van der Waals surface area contributed by atoms with Gasteiger partial charge in [-0.1, -0.05) is 23.9 Å². The normalized spacial score (nSPS) is 15.7. The number of nitrogens with one attached hydrogen (secondary N) is 1. The molecule has 1 N–H and O–H groups in total. The molecular weight excluding hydrogens is 332 g/mol. The largest absolute Gasteiger partial charge is 0.497 e. The van der Waals surface area contributed by atoms with E-state index in [-0.39, 0.29) is 11.8 Å². The van der Waals surface area contributed by atoms with E-state index < -0.39 is 5.76 Å². The third-order valence-electron chi connectivity index (χ3n) is 4.13. The van der Waals surface area contributed by atoms with E-state index in [0.717, 1.165) is 11.5 Å². The highest BCUT2D eigenvalue weighted by molar-refractivity contribution is 7.98. The van der Waals surface area contributed by atoms with Crippen LogP contribution < -0.4 is 10.1 Å². The van der Waals surface area contributed by atoms with E-state index in [4.69, 9.17) is 9.15 Å². The Morgan fingerprint density at radius 2 is 1.88 bits per heavy atom. The summed E-state index contributed by atoms with van der Waals surface area (Å²) in [5.41, 5.74) is 1.23. The Morgan fingerprint density at radius 1 is 1.17 bits per heavy atom. The van der Waals surface area contributed by atoms with E-state index in [0.29, 0.717) is 30.0 Å².